The molecule has 0 spiro atoms. The summed E-state index contributed by atoms with van der Waals surface area (Å²) in [6.07, 6.45) is 1.57. The molecule has 1 N–H and O–H groups in total. The number of carbonyl (C=O) groups is 1. The fraction of sp³-hybridized carbons (Fsp3) is 0.200. The number of halogens is 2. The van der Waals surface area contributed by atoms with Crippen molar-refractivity contribution < 1.29 is 14.3 Å². The second kappa shape index (κ2) is 13.1. The molecule has 0 unspecified atom stereocenters. The van der Waals surface area contributed by atoms with E-state index in [-0.39, 0.29) is 5.91 Å². The van der Waals surface area contributed by atoms with Gasteiger partial charge >= 0.3 is 0 Å². The van der Waals surface area contributed by atoms with Crippen LogP contribution in [0.15, 0.2) is 71.8 Å². The molecule has 33 heavy (non-hydrogen) atoms. The van der Waals surface area contributed by atoms with Crippen LogP contribution in [0.1, 0.15) is 23.6 Å². The zero-order valence-electron chi connectivity index (χ0n) is 18.1. The molecular formula is C25H24Cl2N2O3S. The Morgan fingerprint density at radius 2 is 1.79 bits per heavy atom. The molecule has 3 rings (SSSR count). The Balaban J connectivity index is 1.50. The number of carbonyl (C=O) groups excluding carboxylic acids is 1. The first kappa shape index (κ1) is 25.0. The molecule has 0 heterocycles. The number of rotatable bonds is 11. The quantitative estimate of drug-likeness (QED) is 0.245. The van der Waals surface area contributed by atoms with Crippen molar-refractivity contribution in [1.29, 1.82) is 0 Å². The average Bonchev–Trinajstić information content (AvgIpc) is 2.80. The van der Waals surface area contributed by atoms with Crippen molar-refractivity contribution in [2.45, 2.75) is 19.3 Å². The average molecular weight is 503 g/mol. The van der Waals surface area contributed by atoms with Gasteiger partial charge in [-0.3, -0.25) is 4.79 Å². The fourth-order valence-electron chi connectivity index (χ4n) is 2.83. The van der Waals surface area contributed by atoms with Crippen LogP contribution in [-0.2, 0) is 17.2 Å². The molecule has 3 aromatic rings. The first-order valence-electron chi connectivity index (χ1n) is 10.3. The van der Waals surface area contributed by atoms with E-state index < -0.39 is 0 Å². The predicted octanol–water partition coefficient (Wildman–Crippen LogP) is 6.35. The summed E-state index contributed by atoms with van der Waals surface area (Å²) in [5, 5.41) is 5.42. The van der Waals surface area contributed by atoms with Gasteiger partial charge in [-0.1, -0.05) is 47.5 Å². The van der Waals surface area contributed by atoms with E-state index >= 15 is 0 Å². The molecule has 3 aromatic carbocycles. The number of hydrazone groups is 1. The Labute approximate surface area is 208 Å². The molecule has 0 aliphatic rings. The Kier molecular flexibility index (Phi) is 9.94. The van der Waals surface area contributed by atoms with Crippen LogP contribution in [0.4, 0.5) is 0 Å². The molecule has 8 heteroatoms. The lowest BCUT2D eigenvalue weighted by molar-refractivity contribution is -0.118. The summed E-state index contributed by atoms with van der Waals surface area (Å²) in [6, 6.07) is 20.6. The number of thioether (sulfide) groups is 1. The minimum Gasteiger partial charge on any atom is -0.490 e. The Morgan fingerprint density at radius 1 is 0.970 bits per heavy atom. The van der Waals surface area contributed by atoms with Gasteiger partial charge in [-0.15, -0.1) is 11.8 Å². The van der Waals surface area contributed by atoms with Crippen molar-refractivity contribution in [2.24, 2.45) is 5.10 Å². The summed E-state index contributed by atoms with van der Waals surface area (Å²) in [4.78, 5) is 12.0. The van der Waals surface area contributed by atoms with Gasteiger partial charge < -0.3 is 9.47 Å². The Morgan fingerprint density at radius 3 is 2.55 bits per heavy atom. The van der Waals surface area contributed by atoms with Crippen LogP contribution in [0.25, 0.3) is 0 Å². The monoisotopic (exact) mass is 502 g/mol. The van der Waals surface area contributed by atoms with Crippen molar-refractivity contribution in [3.63, 3.8) is 0 Å². The van der Waals surface area contributed by atoms with Gasteiger partial charge in [0.1, 0.15) is 6.61 Å². The highest BCUT2D eigenvalue weighted by Crippen LogP contribution is 2.29. The van der Waals surface area contributed by atoms with E-state index in [2.05, 4.69) is 10.5 Å². The van der Waals surface area contributed by atoms with Gasteiger partial charge in [-0.05, 0) is 66.1 Å². The molecule has 1 amide bonds. The van der Waals surface area contributed by atoms with E-state index in [1.807, 2.05) is 73.7 Å². The van der Waals surface area contributed by atoms with E-state index in [0.29, 0.717) is 46.3 Å². The molecule has 0 aromatic heterocycles. The molecule has 0 bridgehead atoms. The number of ether oxygens (including phenoxy) is 2. The van der Waals surface area contributed by atoms with Crippen molar-refractivity contribution >= 4 is 47.1 Å². The van der Waals surface area contributed by atoms with Crippen LogP contribution < -0.4 is 14.9 Å². The van der Waals surface area contributed by atoms with Gasteiger partial charge in [0.05, 0.1) is 18.6 Å². The number of amides is 1. The molecule has 0 radical (unpaired) electrons. The van der Waals surface area contributed by atoms with Crippen molar-refractivity contribution in [3.05, 3.63) is 93.5 Å². The third-order valence-electron chi connectivity index (χ3n) is 4.37. The lowest BCUT2D eigenvalue weighted by Gasteiger charge is -2.12. The topological polar surface area (TPSA) is 59.9 Å². The van der Waals surface area contributed by atoms with Crippen LogP contribution in [0.5, 0.6) is 11.5 Å². The van der Waals surface area contributed by atoms with E-state index in [1.165, 1.54) is 11.8 Å². The lowest BCUT2D eigenvalue weighted by Crippen LogP contribution is -2.19. The summed E-state index contributed by atoms with van der Waals surface area (Å²) < 4.78 is 11.6. The maximum Gasteiger partial charge on any atom is 0.250 e. The molecule has 0 saturated carbocycles. The summed E-state index contributed by atoms with van der Waals surface area (Å²) in [5.41, 5.74) is 5.41. The lowest BCUT2D eigenvalue weighted by atomic mass is 10.2. The molecule has 5 nitrogen and oxygen atoms in total. The minimum absolute atomic E-state index is 0.175. The summed E-state index contributed by atoms with van der Waals surface area (Å²) in [7, 11) is 0. The van der Waals surface area contributed by atoms with Crippen molar-refractivity contribution in [3.8, 4) is 11.5 Å². The highest BCUT2D eigenvalue weighted by atomic mass is 35.5. The third kappa shape index (κ3) is 8.65. The number of hydrogen-bond donors (Lipinski definition) is 1. The summed E-state index contributed by atoms with van der Waals surface area (Å²) >= 11 is 13.4. The van der Waals surface area contributed by atoms with Crippen LogP contribution >= 0.6 is 35.0 Å². The van der Waals surface area contributed by atoms with Crippen molar-refractivity contribution in [2.75, 3.05) is 12.4 Å². The molecule has 0 aliphatic heterocycles. The number of nitrogens with zero attached hydrogens (tertiary/aromatic N) is 1. The van der Waals surface area contributed by atoms with Gasteiger partial charge in [-0.25, -0.2) is 5.43 Å². The second-order valence-corrected chi connectivity index (χ2v) is 8.83. The maximum absolute atomic E-state index is 12.0. The number of hydrogen-bond acceptors (Lipinski definition) is 5. The van der Waals surface area contributed by atoms with Crippen LogP contribution in [0, 0.1) is 0 Å². The molecule has 0 atom stereocenters. The zero-order chi connectivity index (χ0) is 23.5. The van der Waals surface area contributed by atoms with E-state index in [4.69, 9.17) is 32.7 Å². The fourth-order valence-corrected chi connectivity index (χ4v) is 3.94. The van der Waals surface area contributed by atoms with E-state index in [1.54, 1.807) is 6.21 Å². The van der Waals surface area contributed by atoms with Gasteiger partial charge in [0.15, 0.2) is 11.5 Å². The normalized spacial score (nSPS) is 10.9. The second-order valence-electron chi connectivity index (χ2n) is 6.97. The summed E-state index contributed by atoms with van der Waals surface area (Å²) in [5.74, 6) is 2.06. The first-order valence-corrected chi connectivity index (χ1v) is 12.2. The van der Waals surface area contributed by atoms with Crippen LogP contribution in [0.3, 0.4) is 0 Å². The Bertz CT molecular complexity index is 1090. The zero-order valence-corrected chi connectivity index (χ0v) is 20.4. The highest BCUT2D eigenvalue weighted by molar-refractivity contribution is 7.99. The largest absolute Gasteiger partial charge is 0.490 e. The maximum atomic E-state index is 12.0. The standard InChI is InChI=1S/C25H24Cl2N2O3S/c1-2-31-24-13-19(8-11-23(24)32-15-18-6-9-21(26)10-7-18)14-28-29-25(30)17-33-16-20-4-3-5-22(27)12-20/h3-14H,2,15-17H2,1H3,(H,29,30)/b28-14-. The van der Waals surface area contributed by atoms with E-state index in [9.17, 15) is 4.79 Å². The minimum atomic E-state index is -0.175. The number of benzene rings is 3. The van der Waals surface area contributed by atoms with Gasteiger partial charge in [0.25, 0.3) is 0 Å². The van der Waals surface area contributed by atoms with Crippen molar-refractivity contribution in [1.82, 2.24) is 5.43 Å². The molecule has 0 aliphatic carbocycles. The molecule has 0 fully saturated rings. The third-order valence-corrected chi connectivity index (χ3v) is 5.86. The van der Waals surface area contributed by atoms with Gasteiger partial charge in [0.2, 0.25) is 5.91 Å². The molecule has 0 saturated heterocycles. The van der Waals surface area contributed by atoms with E-state index in [0.717, 1.165) is 16.7 Å². The predicted molar refractivity (Wildman–Crippen MR) is 137 cm³/mol. The smallest absolute Gasteiger partial charge is 0.250 e. The van der Waals surface area contributed by atoms with Gasteiger partial charge in [0, 0.05) is 15.8 Å². The Hall–Kier alpha value is -2.67. The van der Waals surface area contributed by atoms with Crippen LogP contribution in [0.2, 0.25) is 10.0 Å². The summed E-state index contributed by atoms with van der Waals surface area (Å²) in [6.45, 7) is 2.80. The molecular weight excluding hydrogens is 479 g/mol. The number of nitrogens with one attached hydrogen (secondary N) is 1. The highest BCUT2D eigenvalue weighted by Gasteiger charge is 2.07. The SMILES string of the molecule is CCOc1cc(/C=N\NC(=O)CSCc2cccc(Cl)c2)ccc1OCc1ccc(Cl)cc1. The van der Waals surface area contributed by atoms with Gasteiger partial charge in [-0.2, -0.15) is 5.10 Å². The first-order chi connectivity index (χ1) is 16.0. The van der Waals surface area contributed by atoms with Crippen LogP contribution in [-0.4, -0.2) is 24.5 Å². The molecule has 172 valence electrons.